The van der Waals surface area contributed by atoms with Gasteiger partial charge >= 0.3 is 0 Å². The van der Waals surface area contributed by atoms with Gasteiger partial charge in [-0.2, -0.15) is 0 Å². The molecule has 0 aliphatic carbocycles. The molecule has 1 aromatic rings. The van der Waals surface area contributed by atoms with E-state index in [2.05, 4.69) is 31.3 Å². The van der Waals surface area contributed by atoms with Gasteiger partial charge in [0.1, 0.15) is 0 Å². The molecule has 0 bridgehead atoms. The third-order valence-electron chi connectivity index (χ3n) is 3.19. The van der Waals surface area contributed by atoms with Crippen LogP contribution in [0.5, 0.6) is 0 Å². The van der Waals surface area contributed by atoms with Crippen molar-refractivity contribution in [1.82, 2.24) is 10.2 Å². The number of rotatable bonds is 8. The van der Waals surface area contributed by atoms with Crippen molar-refractivity contribution in [2.75, 3.05) is 27.2 Å². The predicted molar refractivity (Wildman–Crippen MR) is 95.2 cm³/mol. The quantitative estimate of drug-likeness (QED) is 0.795. The molecule has 120 valence electrons. The van der Waals surface area contributed by atoms with Crippen molar-refractivity contribution >= 4 is 30.1 Å². The second-order valence-electron chi connectivity index (χ2n) is 5.32. The summed E-state index contributed by atoms with van der Waals surface area (Å²) in [6.45, 7) is 5.82. The van der Waals surface area contributed by atoms with Gasteiger partial charge in [-0.3, -0.25) is 4.79 Å². The highest BCUT2D eigenvalue weighted by molar-refractivity contribution is 7.99. The summed E-state index contributed by atoms with van der Waals surface area (Å²) < 4.78 is 0. The van der Waals surface area contributed by atoms with Crippen molar-refractivity contribution in [1.29, 1.82) is 0 Å². The van der Waals surface area contributed by atoms with Crippen molar-refractivity contribution in [3.63, 3.8) is 0 Å². The Morgan fingerprint density at radius 1 is 1.29 bits per heavy atom. The van der Waals surface area contributed by atoms with Crippen LogP contribution in [0, 0.1) is 5.92 Å². The second kappa shape index (κ2) is 10.9. The van der Waals surface area contributed by atoms with E-state index >= 15 is 0 Å². The van der Waals surface area contributed by atoms with Gasteiger partial charge in [0.2, 0.25) is 5.91 Å². The van der Waals surface area contributed by atoms with Gasteiger partial charge in [-0.25, -0.2) is 0 Å². The highest BCUT2D eigenvalue weighted by Gasteiger charge is 2.25. The number of carbonyl (C=O) groups excluding carboxylic acids is 1. The van der Waals surface area contributed by atoms with Gasteiger partial charge in [0, 0.05) is 25.9 Å². The number of nitrogens with zero attached hydrogens (tertiary/aromatic N) is 1. The molecule has 0 saturated carbocycles. The van der Waals surface area contributed by atoms with Crippen molar-refractivity contribution in [2.45, 2.75) is 24.9 Å². The normalized spacial score (nSPS) is 11.9. The fraction of sp³-hybridized carbons (Fsp3) is 0.562. The number of hydrogen-bond donors (Lipinski definition) is 1. The van der Waals surface area contributed by atoms with Crippen LogP contribution in [-0.2, 0) is 10.5 Å². The van der Waals surface area contributed by atoms with Gasteiger partial charge in [-0.05, 0) is 18.5 Å². The molecule has 0 aromatic heterocycles. The average molecular weight is 331 g/mol. The zero-order valence-corrected chi connectivity index (χ0v) is 15.0. The summed E-state index contributed by atoms with van der Waals surface area (Å²) in [6.07, 6.45) is 0. The molecule has 0 aliphatic rings. The van der Waals surface area contributed by atoms with E-state index in [4.69, 9.17) is 0 Å². The molecule has 0 spiro atoms. The van der Waals surface area contributed by atoms with Crippen LogP contribution >= 0.6 is 24.2 Å². The number of nitrogens with one attached hydrogen (secondary N) is 1. The molecule has 0 aliphatic heterocycles. The molecule has 1 aromatic carbocycles. The molecule has 1 N–H and O–H groups in total. The Kier molecular flexibility index (Phi) is 10.6. The summed E-state index contributed by atoms with van der Waals surface area (Å²) >= 11 is 1.74. The van der Waals surface area contributed by atoms with Crippen molar-refractivity contribution in [3.8, 4) is 0 Å². The third kappa shape index (κ3) is 7.21. The molecular formula is C16H27ClN2OS. The first-order chi connectivity index (χ1) is 9.56. The zero-order chi connectivity index (χ0) is 15.0. The zero-order valence-electron chi connectivity index (χ0n) is 13.3. The maximum Gasteiger partial charge on any atom is 0.235 e. The lowest BCUT2D eigenvalue weighted by molar-refractivity contribution is -0.129. The van der Waals surface area contributed by atoms with Crippen LogP contribution in [0.2, 0.25) is 0 Å². The van der Waals surface area contributed by atoms with Gasteiger partial charge in [-0.1, -0.05) is 44.2 Å². The van der Waals surface area contributed by atoms with Crippen LogP contribution in [0.15, 0.2) is 30.3 Å². The van der Waals surface area contributed by atoms with E-state index in [9.17, 15) is 4.79 Å². The SMILES string of the molecule is CNCCN(C)C(=O)C(SCc1ccccc1)C(C)C.Cl. The summed E-state index contributed by atoms with van der Waals surface area (Å²) in [7, 11) is 3.79. The average Bonchev–Trinajstić information content (AvgIpc) is 2.45. The van der Waals surface area contributed by atoms with E-state index in [1.807, 2.05) is 37.2 Å². The van der Waals surface area contributed by atoms with Crippen molar-refractivity contribution < 1.29 is 4.79 Å². The number of hydrogen-bond acceptors (Lipinski definition) is 3. The minimum atomic E-state index is 0. The molecule has 1 unspecified atom stereocenters. The molecule has 1 atom stereocenters. The number of amides is 1. The molecular weight excluding hydrogens is 304 g/mol. The topological polar surface area (TPSA) is 32.3 Å². The Morgan fingerprint density at radius 3 is 2.43 bits per heavy atom. The van der Waals surface area contributed by atoms with Gasteiger partial charge in [-0.15, -0.1) is 24.2 Å². The predicted octanol–water partition coefficient (Wildman–Crippen LogP) is 3.04. The fourth-order valence-electron chi connectivity index (χ4n) is 1.92. The Morgan fingerprint density at radius 2 is 1.90 bits per heavy atom. The highest BCUT2D eigenvalue weighted by Crippen LogP contribution is 2.25. The lowest BCUT2D eigenvalue weighted by Gasteiger charge is -2.26. The van der Waals surface area contributed by atoms with Gasteiger partial charge < -0.3 is 10.2 Å². The van der Waals surface area contributed by atoms with Crippen LogP contribution in [0.25, 0.3) is 0 Å². The van der Waals surface area contributed by atoms with Crippen LogP contribution < -0.4 is 5.32 Å². The van der Waals surface area contributed by atoms with Gasteiger partial charge in [0.25, 0.3) is 0 Å². The number of likely N-dealkylation sites (N-methyl/N-ethyl adjacent to an activating group) is 2. The van der Waals surface area contributed by atoms with E-state index < -0.39 is 0 Å². The monoisotopic (exact) mass is 330 g/mol. The molecule has 1 rings (SSSR count). The largest absolute Gasteiger partial charge is 0.344 e. The molecule has 5 heteroatoms. The summed E-state index contributed by atoms with van der Waals surface area (Å²) in [5, 5.41) is 3.10. The van der Waals surface area contributed by atoms with Crippen LogP contribution in [-0.4, -0.2) is 43.2 Å². The van der Waals surface area contributed by atoms with E-state index in [-0.39, 0.29) is 23.6 Å². The standard InChI is InChI=1S/C16H26N2OS.ClH/c1-13(2)15(16(19)18(4)11-10-17-3)20-12-14-8-6-5-7-9-14;/h5-9,13,15,17H,10-12H2,1-4H3;1H. The maximum absolute atomic E-state index is 12.5. The second-order valence-corrected chi connectivity index (χ2v) is 6.45. The fourth-order valence-corrected chi connectivity index (χ4v) is 3.19. The van der Waals surface area contributed by atoms with Crippen LogP contribution in [0.3, 0.4) is 0 Å². The Hall–Kier alpha value is -0.710. The van der Waals surface area contributed by atoms with Crippen molar-refractivity contribution in [3.05, 3.63) is 35.9 Å². The summed E-state index contributed by atoms with van der Waals surface area (Å²) in [5.74, 6) is 1.46. The third-order valence-corrected chi connectivity index (χ3v) is 4.80. The molecule has 0 heterocycles. The minimum Gasteiger partial charge on any atom is -0.344 e. The van der Waals surface area contributed by atoms with Crippen LogP contribution in [0.4, 0.5) is 0 Å². The Balaban J connectivity index is 0.00000400. The van der Waals surface area contributed by atoms with E-state index in [1.54, 1.807) is 11.8 Å². The summed E-state index contributed by atoms with van der Waals surface area (Å²) in [6, 6.07) is 10.3. The van der Waals surface area contributed by atoms with Gasteiger partial charge in [0.15, 0.2) is 0 Å². The van der Waals surface area contributed by atoms with E-state index in [1.165, 1.54) is 5.56 Å². The molecule has 1 amide bonds. The molecule has 21 heavy (non-hydrogen) atoms. The highest BCUT2D eigenvalue weighted by atomic mass is 35.5. The number of thioether (sulfide) groups is 1. The Labute approximate surface area is 139 Å². The molecule has 0 radical (unpaired) electrons. The maximum atomic E-state index is 12.5. The molecule has 3 nitrogen and oxygen atoms in total. The first kappa shape index (κ1) is 20.3. The summed E-state index contributed by atoms with van der Waals surface area (Å²) in [5.41, 5.74) is 1.27. The number of carbonyl (C=O) groups is 1. The van der Waals surface area contributed by atoms with Crippen molar-refractivity contribution in [2.24, 2.45) is 5.92 Å². The van der Waals surface area contributed by atoms with E-state index in [0.29, 0.717) is 5.92 Å². The number of benzene rings is 1. The van der Waals surface area contributed by atoms with Crippen LogP contribution in [0.1, 0.15) is 19.4 Å². The van der Waals surface area contributed by atoms with E-state index in [0.717, 1.165) is 18.8 Å². The summed E-state index contributed by atoms with van der Waals surface area (Å²) in [4.78, 5) is 14.3. The first-order valence-electron chi connectivity index (χ1n) is 7.11. The smallest absolute Gasteiger partial charge is 0.235 e. The minimum absolute atomic E-state index is 0. The Bertz CT molecular complexity index is 401. The first-order valence-corrected chi connectivity index (χ1v) is 8.16. The van der Waals surface area contributed by atoms with Gasteiger partial charge in [0.05, 0.1) is 5.25 Å². The molecule has 0 saturated heterocycles. The number of halogens is 1. The lowest BCUT2D eigenvalue weighted by Crippen LogP contribution is -2.40. The molecule has 0 fully saturated rings. The lowest BCUT2D eigenvalue weighted by atomic mass is 10.1.